The molecule has 0 bridgehead atoms. The molecule has 1 aromatic rings. The molecule has 0 aliphatic rings. The van der Waals surface area contributed by atoms with Crippen molar-refractivity contribution in [3.05, 3.63) is 27.5 Å². The molecule has 0 saturated carbocycles. The van der Waals surface area contributed by atoms with Gasteiger partial charge in [-0.3, -0.25) is 14.6 Å². The molecule has 21 heavy (non-hydrogen) atoms. The van der Waals surface area contributed by atoms with Gasteiger partial charge in [0.1, 0.15) is 5.56 Å². The first-order valence-corrected chi connectivity index (χ1v) is 5.10. The normalized spacial score (nSPS) is 12.1. The molecular formula is C10H7F6NO4. The predicted octanol–water partition coefficient (Wildman–Crippen LogP) is 2.01. The Bertz CT molecular complexity index is 589. The van der Waals surface area contributed by atoms with Gasteiger partial charge < -0.3 is 9.47 Å². The van der Waals surface area contributed by atoms with Crippen LogP contribution in [0.1, 0.15) is 11.1 Å². The highest BCUT2D eigenvalue weighted by Crippen LogP contribution is 2.38. The smallest absolute Gasteiger partial charge is 0.469 e. The molecule has 0 spiro atoms. The van der Waals surface area contributed by atoms with E-state index in [1.807, 2.05) is 0 Å². The first kappa shape index (κ1) is 16.9. The Balaban J connectivity index is 3.49. The van der Waals surface area contributed by atoms with Crippen molar-refractivity contribution in [2.24, 2.45) is 0 Å². The minimum atomic E-state index is -5.45. The lowest BCUT2D eigenvalue weighted by Crippen LogP contribution is -2.26. The molecule has 0 saturated heterocycles. The highest BCUT2D eigenvalue weighted by molar-refractivity contribution is 5.73. The Kier molecular flexibility index (Phi) is 4.54. The Labute approximate surface area is 112 Å². The molecule has 0 fully saturated rings. The minimum Gasteiger partial charge on any atom is -0.469 e. The second-order valence-electron chi connectivity index (χ2n) is 3.66. The van der Waals surface area contributed by atoms with E-state index in [0.717, 1.165) is 7.11 Å². The number of pyridine rings is 1. The van der Waals surface area contributed by atoms with Crippen LogP contribution in [0.5, 0.6) is 5.88 Å². The molecule has 1 heterocycles. The van der Waals surface area contributed by atoms with E-state index in [4.69, 9.17) is 0 Å². The second kappa shape index (κ2) is 5.66. The van der Waals surface area contributed by atoms with Crippen molar-refractivity contribution in [2.45, 2.75) is 19.0 Å². The van der Waals surface area contributed by atoms with Crippen molar-refractivity contribution >= 4 is 5.97 Å². The third-order valence-electron chi connectivity index (χ3n) is 2.15. The Morgan fingerprint density at radius 2 is 1.81 bits per heavy atom. The zero-order valence-electron chi connectivity index (χ0n) is 10.2. The zero-order chi connectivity index (χ0) is 16.4. The number of hydrogen-bond acceptors (Lipinski definition) is 4. The molecule has 0 aliphatic heterocycles. The molecule has 118 valence electrons. The third kappa shape index (κ3) is 4.68. The molecule has 5 nitrogen and oxygen atoms in total. The van der Waals surface area contributed by atoms with Gasteiger partial charge in [0.25, 0.3) is 5.56 Å². The van der Waals surface area contributed by atoms with Crippen molar-refractivity contribution < 1.29 is 40.6 Å². The average molecular weight is 319 g/mol. The average Bonchev–Trinajstić information content (AvgIpc) is 2.23. The van der Waals surface area contributed by atoms with Crippen molar-refractivity contribution in [1.29, 1.82) is 0 Å². The van der Waals surface area contributed by atoms with Crippen LogP contribution in [0.4, 0.5) is 26.3 Å². The first-order valence-electron chi connectivity index (χ1n) is 5.10. The molecule has 1 N–H and O–H groups in total. The summed E-state index contributed by atoms with van der Waals surface area (Å²) in [6.07, 6.45) is -11.8. The number of halogens is 6. The van der Waals surface area contributed by atoms with Gasteiger partial charge in [-0.15, -0.1) is 13.2 Å². The lowest BCUT2D eigenvalue weighted by molar-refractivity contribution is -0.278. The molecular weight excluding hydrogens is 312 g/mol. The number of carbonyl (C=O) groups is 1. The van der Waals surface area contributed by atoms with Crippen LogP contribution >= 0.6 is 0 Å². The summed E-state index contributed by atoms with van der Waals surface area (Å²) in [6.45, 7) is 0. The Morgan fingerprint density at radius 1 is 1.24 bits per heavy atom. The number of H-pyrrole nitrogens is 1. The fraction of sp³-hybridized carbons (Fsp3) is 0.400. The maximum atomic E-state index is 12.8. The second-order valence-corrected chi connectivity index (χ2v) is 3.66. The van der Waals surface area contributed by atoms with Crippen LogP contribution in [0.15, 0.2) is 10.9 Å². The van der Waals surface area contributed by atoms with Crippen LogP contribution in [-0.4, -0.2) is 24.4 Å². The SMILES string of the molecule is COC(=O)Cc1cc(=O)[nH]c(OC(F)(F)F)c1C(F)(F)F. The minimum absolute atomic E-state index is 0.350. The molecule has 1 rings (SSSR count). The van der Waals surface area contributed by atoms with Crippen LogP contribution in [0.3, 0.4) is 0 Å². The van der Waals surface area contributed by atoms with E-state index in [1.165, 1.54) is 4.98 Å². The van der Waals surface area contributed by atoms with E-state index in [9.17, 15) is 35.9 Å². The third-order valence-corrected chi connectivity index (χ3v) is 2.15. The molecule has 0 radical (unpaired) electrons. The maximum absolute atomic E-state index is 12.8. The van der Waals surface area contributed by atoms with Crippen molar-refractivity contribution in [3.63, 3.8) is 0 Å². The fourth-order valence-corrected chi connectivity index (χ4v) is 1.46. The van der Waals surface area contributed by atoms with Gasteiger partial charge in [0.15, 0.2) is 0 Å². The number of rotatable bonds is 3. The molecule has 0 unspecified atom stereocenters. The number of ether oxygens (including phenoxy) is 2. The number of nitrogens with one attached hydrogen (secondary N) is 1. The van der Waals surface area contributed by atoms with Gasteiger partial charge in [-0.2, -0.15) is 13.2 Å². The van der Waals surface area contributed by atoms with Crippen molar-refractivity contribution in [3.8, 4) is 5.88 Å². The summed E-state index contributed by atoms with van der Waals surface area (Å²) in [5.74, 6) is -2.99. The molecule has 0 amide bonds. The van der Waals surface area contributed by atoms with E-state index in [-0.39, 0.29) is 0 Å². The van der Waals surface area contributed by atoms with Crippen LogP contribution in [0.2, 0.25) is 0 Å². The largest absolute Gasteiger partial charge is 0.574 e. The standard InChI is InChI=1S/C10H7F6NO4/c1-20-6(19)3-4-2-5(18)17-8(21-10(14,15)16)7(4)9(11,12)13/h2H,3H2,1H3,(H,17,18). The van der Waals surface area contributed by atoms with E-state index in [1.54, 1.807) is 0 Å². The lowest BCUT2D eigenvalue weighted by atomic mass is 10.1. The quantitative estimate of drug-likeness (QED) is 0.683. The van der Waals surface area contributed by atoms with E-state index in [0.29, 0.717) is 6.07 Å². The topological polar surface area (TPSA) is 68.4 Å². The van der Waals surface area contributed by atoms with Gasteiger partial charge in [-0.1, -0.05) is 0 Å². The van der Waals surface area contributed by atoms with E-state index < -0.39 is 47.5 Å². The van der Waals surface area contributed by atoms with E-state index >= 15 is 0 Å². The summed E-state index contributed by atoms with van der Waals surface area (Å²) in [4.78, 5) is 23.4. The van der Waals surface area contributed by atoms with Gasteiger partial charge in [0, 0.05) is 6.07 Å². The van der Waals surface area contributed by atoms with Gasteiger partial charge >= 0.3 is 18.5 Å². The summed E-state index contributed by atoms with van der Waals surface area (Å²) < 4.78 is 82.1. The summed E-state index contributed by atoms with van der Waals surface area (Å²) in [6, 6.07) is 0.350. The summed E-state index contributed by atoms with van der Waals surface area (Å²) in [5, 5.41) is 0. The highest BCUT2D eigenvalue weighted by Gasteiger charge is 2.42. The summed E-state index contributed by atoms with van der Waals surface area (Å²) >= 11 is 0. The number of aromatic nitrogens is 1. The monoisotopic (exact) mass is 319 g/mol. The van der Waals surface area contributed by atoms with Crippen LogP contribution in [0.25, 0.3) is 0 Å². The Hall–Kier alpha value is -2.20. The molecule has 0 atom stereocenters. The highest BCUT2D eigenvalue weighted by atomic mass is 19.4. The van der Waals surface area contributed by atoms with Crippen molar-refractivity contribution in [1.82, 2.24) is 4.98 Å². The number of methoxy groups -OCH3 is 1. The summed E-state index contributed by atoms with van der Waals surface area (Å²) in [7, 11) is 0.871. The number of hydrogen-bond donors (Lipinski definition) is 1. The molecule has 0 aromatic carbocycles. The summed E-state index contributed by atoms with van der Waals surface area (Å²) in [5.41, 5.74) is -4.18. The molecule has 0 aliphatic carbocycles. The van der Waals surface area contributed by atoms with Gasteiger partial charge in [-0.25, -0.2) is 0 Å². The number of alkyl halides is 6. The number of esters is 1. The first-order chi connectivity index (χ1) is 9.44. The lowest BCUT2D eigenvalue weighted by Gasteiger charge is -2.17. The number of aromatic amines is 1. The fourth-order valence-electron chi connectivity index (χ4n) is 1.46. The zero-order valence-corrected chi connectivity index (χ0v) is 10.2. The van der Waals surface area contributed by atoms with Crippen molar-refractivity contribution in [2.75, 3.05) is 7.11 Å². The van der Waals surface area contributed by atoms with E-state index in [2.05, 4.69) is 9.47 Å². The van der Waals surface area contributed by atoms with Gasteiger partial charge in [0.05, 0.1) is 13.5 Å². The van der Waals surface area contributed by atoms with Gasteiger partial charge in [-0.05, 0) is 5.56 Å². The van der Waals surface area contributed by atoms with Crippen LogP contribution in [0, 0.1) is 0 Å². The van der Waals surface area contributed by atoms with Crippen LogP contribution < -0.4 is 10.3 Å². The molecule has 1 aromatic heterocycles. The maximum Gasteiger partial charge on any atom is 0.574 e. The molecule has 11 heteroatoms. The van der Waals surface area contributed by atoms with Crippen LogP contribution in [-0.2, 0) is 22.1 Å². The Morgan fingerprint density at radius 3 is 2.24 bits per heavy atom. The van der Waals surface area contributed by atoms with Gasteiger partial charge in [0.2, 0.25) is 5.88 Å². The number of carbonyl (C=O) groups excluding carboxylic acids is 1. The predicted molar refractivity (Wildman–Crippen MR) is 54.5 cm³/mol.